The standard InChI is InChI=1S/C18H19ClN2O2/c1-12-10-20-11-17(23-12)13-5-7-16(8-6-13)21-18(22)14-3-2-4-15(19)9-14/h2-9,12,17,20H,10-11H2,1H3,(H,21,22). The van der Waals surface area contributed by atoms with E-state index in [2.05, 4.69) is 17.6 Å². The molecule has 0 spiro atoms. The van der Waals surface area contributed by atoms with E-state index < -0.39 is 0 Å². The number of morpholine rings is 1. The average molecular weight is 331 g/mol. The van der Waals surface area contributed by atoms with Crippen LogP contribution in [0.3, 0.4) is 0 Å². The summed E-state index contributed by atoms with van der Waals surface area (Å²) < 4.78 is 5.91. The Hall–Kier alpha value is -1.88. The van der Waals surface area contributed by atoms with Gasteiger partial charge in [-0.15, -0.1) is 0 Å². The number of benzene rings is 2. The maximum atomic E-state index is 12.2. The second kappa shape index (κ2) is 7.13. The van der Waals surface area contributed by atoms with Crippen LogP contribution in [0.2, 0.25) is 5.02 Å². The van der Waals surface area contributed by atoms with Gasteiger partial charge in [-0.2, -0.15) is 0 Å². The molecule has 2 aromatic rings. The molecule has 2 atom stereocenters. The first-order chi connectivity index (χ1) is 11.1. The quantitative estimate of drug-likeness (QED) is 0.903. The van der Waals surface area contributed by atoms with Crippen LogP contribution in [0.15, 0.2) is 48.5 Å². The van der Waals surface area contributed by atoms with Crippen LogP contribution in [-0.4, -0.2) is 25.1 Å². The van der Waals surface area contributed by atoms with Gasteiger partial charge in [0.1, 0.15) is 0 Å². The van der Waals surface area contributed by atoms with Crippen molar-refractivity contribution in [3.05, 3.63) is 64.7 Å². The third-order valence-electron chi connectivity index (χ3n) is 3.79. The number of carbonyl (C=O) groups excluding carboxylic acids is 1. The molecular formula is C18H19ClN2O2. The van der Waals surface area contributed by atoms with Crippen molar-refractivity contribution in [1.82, 2.24) is 5.32 Å². The minimum atomic E-state index is -0.176. The van der Waals surface area contributed by atoms with E-state index in [1.54, 1.807) is 24.3 Å². The molecule has 3 rings (SSSR count). The van der Waals surface area contributed by atoms with Crippen molar-refractivity contribution >= 4 is 23.2 Å². The number of halogens is 1. The molecule has 1 saturated heterocycles. The number of amides is 1. The Labute approximate surface area is 140 Å². The molecule has 1 aliphatic heterocycles. The van der Waals surface area contributed by atoms with Crippen molar-refractivity contribution in [2.45, 2.75) is 19.1 Å². The highest BCUT2D eigenvalue weighted by Crippen LogP contribution is 2.23. The predicted octanol–water partition coefficient (Wildman–Crippen LogP) is 3.64. The average Bonchev–Trinajstić information content (AvgIpc) is 2.55. The molecule has 0 bridgehead atoms. The van der Waals surface area contributed by atoms with Gasteiger partial charge in [-0.3, -0.25) is 4.79 Å². The zero-order chi connectivity index (χ0) is 16.2. The van der Waals surface area contributed by atoms with E-state index in [4.69, 9.17) is 16.3 Å². The zero-order valence-electron chi connectivity index (χ0n) is 12.9. The Kier molecular flexibility index (Phi) is 4.96. The zero-order valence-corrected chi connectivity index (χ0v) is 13.6. The Balaban J connectivity index is 1.66. The van der Waals surface area contributed by atoms with Crippen LogP contribution in [0.4, 0.5) is 5.69 Å². The summed E-state index contributed by atoms with van der Waals surface area (Å²) in [4.78, 5) is 12.2. The lowest BCUT2D eigenvalue weighted by Gasteiger charge is -2.29. The van der Waals surface area contributed by atoms with E-state index in [0.29, 0.717) is 10.6 Å². The smallest absolute Gasteiger partial charge is 0.255 e. The highest BCUT2D eigenvalue weighted by Gasteiger charge is 2.20. The predicted molar refractivity (Wildman–Crippen MR) is 92.0 cm³/mol. The molecule has 1 fully saturated rings. The first-order valence-electron chi connectivity index (χ1n) is 7.65. The van der Waals surface area contributed by atoms with Crippen molar-refractivity contribution < 1.29 is 9.53 Å². The molecule has 0 aliphatic carbocycles. The number of ether oxygens (including phenoxy) is 1. The first-order valence-corrected chi connectivity index (χ1v) is 8.02. The number of hydrogen-bond acceptors (Lipinski definition) is 3. The van der Waals surface area contributed by atoms with E-state index >= 15 is 0 Å². The van der Waals surface area contributed by atoms with Gasteiger partial charge >= 0.3 is 0 Å². The maximum Gasteiger partial charge on any atom is 0.255 e. The number of nitrogens with one attached hydrogen (secondary N) is 2. The molecule has 1 aliphatic rings. The lowest BCUT2D eigenvalue weighted by Crippen LogP contribution is -2.38. The highest BCUT2D eigenvalue weighted by atomic mass is 35.5. The molecule has 0 saturated carbocycles. The molecule has 4 nitrogen and oxygen atoms in total. The van der Waals surface area contributed by atoms with Gasteiger partial charge in [-0.25, -0.2) is 0 Å². The number of hydrogen-bond donors (Lipinski definition) is 2. The van der Waals surface area contributed by atoms with Gasteiger partial charge in [0.25, 0.3) is 5.91 Å². The normalized spacial score (nSPS) is 21.0. The molecule has 2 aromatic carbocycles. The second-order valence-corrected chi connectivity index (χ2v) is 6.12. The molecule has 0 radical (unpaired) electrons. The summed E-state index contributed by atoms with van der Waals surface area (Å²) >= 11 is 5.91. The summed E-state index contributed by atoms with van der Waals surface area (Å²) in [6.45, 7) is 3.74. The molecule has 2 unspecified atom stereocenters. The Morgan fingerprint density at radius 2 is 2.00 bits per heavy atom. The highest BCUT2D eigenvalue weighted by molar-refractivity contribution is 6.31. The molecule has 23 heavy (non-hydrogen) atoms. The molecule has 5 heteroatoms. The largest absolute Gasteiger partial charge is 0.368 e. The van der Waals surface area contributed by atoms with E-state index in [1.165, 1.54) is 0 Å². The summed E-state index contributed by atoms with van der Waals surface area (Å²) in [6, 6.07) is 14.6. The fraction of sp³-hybridized carbons (Fsp3) is 0.278. The summed E-state index contributed by atoms with van der Waals surface area (Å²) in [5, 5.41) is 6.77. The SMILES string of the molecule is CC1CNCC(c2ccc(NC(=O)c3cccc(Cl)c3)cc2)O1. The molecule has 1 amide bonds. The molecule has 0 aromatic heterocycles. The van der Waals surface area contributed by atoms with Gasteiger partial charge in [0, 0.05) is 29.4 Å². The van der Waals surface area contributed by atoms with Gasteiger partial charge < -0.3 is 15.4 Å². The van der Waals surface area contributed by atoms with Gasteiger partial charge in [0.05, 0.1) is 12.2 Å². The van der Waals surface area contributed by atoms with Gasteiger partial charge in [0.15, 0.2) is 0 Å². The lowest BCUT2D eigenvalue weighted by atomic mass is 10.1. The van der Waals surface area contributed by atoms with Crippen molar-refractivity contribution in [1.29, 1.82) is 0 Å². The Morgan fingerprint density at radius 1 is 1.22 bits per heavy atom. The fourth-order valence-electron chi connectivity index (χ4n) is 2.60. The van der Waals surface area contributed by atoms with Gasteiger partial charge in [-0.05, 0) is 42.8 Å². The first kappa shape index (κ1) is 16.0. The van der Waals surface area contributed by atoms with Crippen LogP contribution in [0, 0.1) is 0 Å². The van der Waals surface area contributed by atoms with E-state index in [9.17, 15) is 4.79 Å². The van der Waals surface area contributed by atoms with Crippen LogP contribution >= 0.6 is 11.6 Å². The second-order valence-electron chi connectivity index (χ2n) is 5.68. The van der Waals surface area contributed by atoms with Gasteiger partial charge in [0.2, 0.25) is 0 Å². The lowest BCUT2D eigenvalue weighted by molar-refractivity contribution is -0.0287. The van der Waals surface area contributed by atoms with E-state index in [0.717, 1.165) is 24.3 Å². The summed E-state index contributed by atoms with van der Waals surface area (Å²) in [5.74, 6) is -0.176. The number of rotatable bonds is 3. The minimum absolute atomic E-state index is 0.0523. The van der Waals surface area contributed by atoms with Crippen molar-refractivity contribution in [3.63, 3.8) is 0 Å². The fourth-order valence-corrected chi connectivity index (χ4v) is 2.80. The van der Waals surface area contributed by atoms with Crippen LogP contribution in [0.5, 0.6) is 0 Å². The summed E-state index contributed by atoms with van der Waals surface area (Å²) in [5.41, 5.74) is 2.38. The maximum absolute atomic E-state index is 12.2. The summed E-state index contributed by atoms with van der Waals surface area (Å²) in [7, 11) is 0. The third-order valence-corrected chi connectivity index (χ3v) is 4.02. The van der Waals surface area contributed by atoms with Crippen molar-refractivity contribution in [2.75, 3.05) is 18.4 Å². The minimum Gasteiger partial charge on any atom is -0.368 e. The topological polar surface area (TPSA) is 50.4 Å². The number of anilines is 1. The Morgan fingerprint density at radius 3 is 2.70 bits per heavy atom. The van der Waals surface area contributed by atoms with Crippen LogP contribution in [0.25, 0.3) is 0 Å². The van der Waals surface area contributed by atoms with Crippen LogP contribution in [0.1, 0.15) is 28.9 Å². The summed E-state index contributed by atoms with van der Waals surface area (Å²) in [6.07, 6.45) is 0.257. The molecular weight excluding hydrogens is 312 g/mol. The van der Waals surface area contributed by atoms with Gasteiger partial charge in [-0.1, -0.05) is 29.8 Å². The van der Waals surface area contributed by atoms with E-state index in [-0.39, 0.29) is 18.1 Å². The molecule has 120 valence electrons. The van der Waals surface area contributed by atoms with Crippen molar-refractivity contribution in [2.24, 2.45) is 0 Å². The van der Waals surface area contributed by atoms with E-state index in [1.807, 2.05) is 24.3 Å². The molecule has 2 N–H and O–H groups in total. The third kappa shape index (κ3) is 4.10. The van der Waals surface area contributed by atoms with Crippen molar-refractivity contribution in [3.8, 4) is 0 Å². The molecule has 1 heterocycles. The monoisotopic (exact) mass is 330 g/mol. The van der Waals surface area contributed by atoms with Crippen LogP contribution in [-0.2, 0) is 4.74 Å². The Bertz CT molecular complexity index is 688. The van der Waals surface area contributed by atoms with Crippen LogP contribution < -0.4 is 10.6 Å². The number of carbonyl (C=O) groups is 1.